The molecule has 2 atom stereocenters. The first kappa shape index (κ1) is 16.9. The topological polar surface area (TPSA) is 88.8 Å². The van der Waals surface area contributed by atoms with Gasteiger partial charge in [0.15, 0.2) is 5.82 Å². The van der Waals surface area contributed by atoms with Gasteiger partial charge in [-0.3, -0.25) is 14.5 Å². The highest BCUT2D eigenvalue weighted by Crippen LogP contribution is 2.24. The van der Waals surface area contributed by atoms with Crippen molar-refractivity contribution in [1.29, 1.82) is 0 Å². The van der Waals surface area contributed by atoms with E-state index < -0.39 is 0 Å². The molecule has 0 aliphatic carbocycles. The van der Waals surface area contributed by atoms with Crippen molar-refractivity contribution < 1.29 is 18.8 Å². The van der Waals surface area contributed by atoms with E-state index in [4.69, 9.17) is 9.26 Å². The molecular weight excluding hydrogens is 312 g/mol. The second-order valence-corrected chi connectivity index (χ2v) is 6.76. The van der Waals surface area contributed by atoms with Gasteiger partial charge in [-0.1, -0.05) is 19.0 Å². The molecule has 0 N–H and O–H groups in total. The first-order valence-electron chi connectivity index (χ1n) is 8.46. The fourth-order valence-electron chi connectivity index (χ4n) is 3.34. The van der Waals surface area contributed by atoms with Gasteiger partial charge in [0.05, 0.1) is 13.2 Å². The molecule has 24 heavy (non-hydrogen) atoms. The van der Waals surface area contributed by atoms with Gasteiger partial charge in [0.1, 0.15) is 6.04 Å². The monoisotopic (exact) mass is 336 g/mol. The molecule has 1 aromatic rings. The van der Waals surface area contributed by atoms with Crippen molar-refractivity contribution in [2.45, 2.75) is 58.2 Å². The summed E-state index contributed by atoms with van der Waals surface area (Å²) in [7, 11) is 0. The molecule has 2 aliphatic heterocycles. The van der Waals surface area contributed by atoms with Crippen LogP contribution in [0.5, 0.6) is 0 Å². The summed E-state index contributed by atoms with van der Waals surface area (Å²) in [6.45, 7) is 7.80. The maximum atomic E-state index is 12.1. The van der Waals surface area contributed by atoms with Crippen LogP contribution in [-0.4, -0.2) is 63.6 Å². The normalized spacial score (nSPS) is 24.6. The van der Waals surface area contributed by atoms with E-state index in [9.17, 15) is 9.59 Å². The minimum Gasteiger partial charge on any atom is -0.464 e. The Morgan fingerprint density at radius 3 is 2.79 bits per heavy atom. The molecule has 0 radical (unpaired) electrons. The van der Waals surface area contributed by atoms with E-state index in [1.165, 1.54) is 0 Å². The van der Waals surface area contributed by atoms with Crippen molar-refractivity contribution in [3.63, 3.8) is 0 Å². The number of carbonyl (C=O) groups excluding carboxylic acids is 2. The van der Waals surface area contributed by atoms with Gasteiger partial charge in [-0.05, 0) is 6.42 Å². The molecule has 2 saturated heterocycles. The number of hydrogen-bond donors (Lipinski definition) is 0. The minimum absolute atomic E-state index is 0.0215. The van der Waals surface area contributed by atoms with Crippen molar-refractivity contribution in [1.82, 2.24) is 19.9 Å². The predicted molar refractivity (Wildman–Crippen MR) is 84.0 cm³/mol. The molecule has 0 spiro atoms. The number of amides is 1. The average Bonchev–Trinajstić information content (AvgIpc) is 3.24. The molecule has 0 unspecified atom stereocenters. The Balaban J connectivity index is 1.65. The Morgan fingerprint density at radius 1 is 1.42 bits per heavy atom. The number of aromatic nitrogens is 2. The van der Waals surface area contributed by atoms with E-state index >= 15 is 0 Å². The van der Waals surface area contributed by atoms with Crippen LogP contribution >= 0.6 is 0 Å². The zero-order valence-corrected chi connectivity index (χ0v) is 14.4. The Kier molecular flexibility index (Phi) is 4.84. The third-order valence-corrected chi connectivity index (χ3v) is 4.68. The molecule has 1 amide bonds. The van der Waals surface area contributed by atoms with Crippen molar-refractivity contribution in [3.05, 3.63) is 11.7 Å². The van der Waals surface area contributed by atoms with Crippen molar-refractivity contribution in [3.8, 4) is 0 Å². The second-order valence-electron chi connectivity index (χ2n) is 6.76. The number of hydrogen-bond acceptors (Lipinski definition) is 7. The molecule has 132 valence electrons. The summed E-state index contributed by atoms with van der Waals surface area (Å²) in [5.74, 6) is 1.09. The van der Waals surface area contributed by atoms with Crippen LogP contribution in [-0.2, 0) is 20.9 Å². The van der Waals surface area contributed by atoms with Gasteiger partial charge in [0.2, 0.25) is 11.8 Å². The SMILES string of the molecule is CC(=O)N(Cc1noc(C(C)C)n1)[C@H]1CCN([C@@H]2CCOC2=O)C1. The maximum absolute atomic E-state index is 12.1. The summed E-state index contributed by atoms with van der Waals surface area (Å²) in [5.41, 5.74) is 0. The van der Waals surface area contributed by atoms with Crippen LogP contribution in [0.3, 0.4) is 0 Å². The molecule has 0 aromatic carbocycles. The van der Waals surface area contributed by atoms with Gasteiger partial charge < -0.3 is 14.2 Å². The van der Waals surface area contributed by atoms with Crippen LogP contribution < -0.4 is 0 Å². The Bertz CT molecular complexity index is 615. The third-order valence-electron chi connectivity index (χ3n) is 4.68. The summed E-state index contributed by atoms with van der Waals surface area (Å²) in [5, 5.41) is 3.97. The van der Waals surface area contributed by atoms with E-state index in [1.807, 2.05) is 13.8 Å². The van der Waals surface area contributed by atoms with Crippen LogP contribution in [0.1, 0.15) is 51.2 Å². The number of rotatable bonds is 5. The zero-order chi connectivity index (χ0) is 17.3. The van der Waals surface area contributed by atoms with Gasteiger partial charge in [0.25, 0.3) is 0 Å². The standard InChI is InChI=1S/C16H24N4O4/c1-10(2)15-17-14(18-24-15)9-20(11(3)21)12-4-6-19(8-12)13-5-7-23-16(13)22/h10,12-13H,4-9H2,1-3H3/t12-,13+/m0/s1. The van der Waals surface area contributed by atoms with E-state index in [0.29, 0.717) is 31.4 Å². The number of likely N-dealkylation sites (tertiary alicyclic amines) is 1. The third kappa shape index (κ3) is 3.43. The van der Waals surface area contributed by atoms with Gasteiger partial charge >= 0.3 is 5.97 Å². The van der Waals surface area contributed by atoms with E-state index in [-0.39, 0.29) is 29.9 Å². The molecular formula is C16H24N4O4. The zero-order valence-electron chi connectivity index (χ0n) is 14.4. The molecule has 3 rings (SSSR count). The predicted octanol–water partition coefficient (Wildman–Crippen LogP) is 0.931. The van der Waals surface area contributed by atoms with E-state index in [1.54, 1.807) is 11.8 Å². The summed E-state index contributed by atoms with van der Waals surface area (Å²) in [4.78, 5) is 32.1. The summed E-state index contributed by atoms with van der Waals surface area (Å²) < 4.78 is 10.3. The van der Waals surface area contributed by atoms with Gasteiger partial charge in [-0.15, -0.1) is 0 Å². The van der Waals surface area contributed by atoms with Crippen molar-refractivity contribution in [2.75, 3.05) is 19.7 Å². The molecule has 1 aromatic heterocycles. The minimum atomic E-state index is -0.165. The van der Waals surface area contributed by atoms with Crippen LogP contribution in [0.2, 0.25) is 0 Å². The fourth-order valence-corrected chi connectivity index (χ4v) is 3.34. The summed E-state index contributed by atoms with van der Waals surface area (Å²) in [6, 6.07) is -0.113. The quantitative estimate of drug-likeness (QED) is 0.739. The van der Waals surface area contributed by atoms with Crippen molar-refractivity contribution in [2.24, 2.45) is 0 Å². The van der Waals surface area contributed by atoms with Gasteiger partial charge in [0, 0.05) is 38.4 Å². The molecule has 0 bridgehead atoms. The number of carbonyl (C=O) groups is 2. The molecule has 3 heterocycles. The first-order chi connectivity index (χ1) is 11.5. The molecule has 2 aliphatic rings. The average molecular weight is 336 g/mol. The highest BCUT2D eigenvalue weighted by atomic mass is 16.5. The summed E-state index contributed by atoms with van der Waals surface area (Å²) in [6.07, 6.45) is 1.56. The van der Waals surface area contributed by atoms with Crippen LogP contribution in [0.15, 0.2) is 4.52 Å². The van der Waals surface area contributed by atoms with Gasteiger partial charge in [-0.25, -0.2) is 0 Å². The highest BCUT2D eigenvalue weighted by Gasteiger charge is 2.39. The van der Waals surface area contributed by atoms with Crippen molar-refractivity contribution >= 4 is 11.9 Å². The lowest BCUT2D eigenvalue weighted by Gasteiger charge is -2.27. The molecule has 8 heteroatoms. The number of cyclic esters (lactones) is 1. The Labute approximate surface area is 141 Å². The number of esters is 1. The lowest BCUT2D eigenvalue weighted by Crippen LogP contribution is -2.43. The molecule has 8 nitrogen and oxygen atoms in total. The number of nitrogens with zero attached hydrogens (tertiary/aromatic N) is 4. The fraction of sp³-hybridized carbons (Fsp3) is 0.750. The Hall–Kier alpha value is -1.96. The van der Waals surface area contributed by atoms with E-state index in [0.717, 1.165) is 19.4 Å². The first-order valence-corrected chi connectivity index (χ1v) is 8.46. The van der Waals surface area contributed by atoms with Crippen LogP contribution in [0.25, 0.3) is 0 Å². The maximum Gasteiger partial charge on any atom is 0.323 e. The highest BCUT2D eigenvalue weighted by molar-refractivity contribution is 5.77. The Morgan fingerprint density at radius 2 is 2.21 bits per heavy atom. The van der Waals surface area contributed by atoms with Crippen LogP contribution in [0, 0.1) is 0 Å². The summed E-state index contributed by atoms with van der Waals surface area (Å²) >= 11 is 0. The second kappa shape index (κ2) is 6.88. The lowest BCUT2D eigenvalue weighted by molar-refractivity contribution is -0.142. The van der Waals surface area contributed by atoms with Gasteiger partial charge in [-0.2, -0.15) is 4.98 Å². The van der Waals surface area contributed by atoms with Crippen LogP contribution in [0.4, 0.5) is 0 Å². The molecule has 2 fully saturated rings. The number of ether oxygens (including phenoxy) is 1. The smallest absolute Gasteiger partial charge is 0.323 e. The molecule has 0 saturated carbocycles. The largest absolute Gasteiger partial charge is 0.464 e. The van der Waals surface area contributed by atoms with E-state index in [2.05, 4.69) is 15.0 Å². The lowest BCUT2D eigenvalue weighted by atomic mass is 10.2.